The van der Waals surface area contributed by atoms with E-state index in [9.17, 15) is 4.79 Å². The van der Waals surface area contributed by atoms with Gasteiger partial charge in [-0.25, -0.2) is 4.68 Å². The van der Waals surface area contributed by atoms with Gasteiger partial charge >= 0.3 is 0 Å². The summed E-state index contributed by atoms with van der Waals surface area (Å²) in [5.74, 6) is 1.94. The van der Waals surface area contributed by atoms with E-state index in [-0.39, 0.29) is 5.91 Å². The number of halogens is 1. The van der Waals surface area contributed by atoms with E-state index < -0.39 is 6.04 Å². The van der Waals surface area contributed by atoms with Gasteiger partial charge in [0.1, 0.15) is 18.4 Å². The van der Waals surface area contributed by atoms with E-state index in [2.05, 4.69) is 17.6 Å². The third-order valence-corrected chi connectivity index (χ3v) is 7.64. The molecule has 0 saturated heterocycles. The van der Waals surface area contributed by atoms with Crippen LogP contribution in [0.2, 0.25) is 5.02 Å². The number of benzene rings is 3. The Balaban J connectivity index is 1.53. The van der Waals surface area contributed by atoms with Crippen LogP contribution in [0.3, 0.4) is 0 Å². The molecule has 1 aromatic heterocycles. The number of carbonyl (C=O) groups excluding carboxylic acids is 1. The molecule has 1 aliphatic rings. The molecule has 0 bridgehead atoms. The molecular weight excluding hydrogens is 530 g/mol. The van der Waals surface area contributed by atoms with Gasteiger partial charge in [0.15, 0.2) is 0 Å². The molecule has 39 heavy (non-hydrogen) atoms. The van der Waals surface area contributed by atoms with Crippen LogP contribution in [0.5, 0.6) is 5.75 Å². The smallest absolute Gasteiger partial charge is 0.255 e. The number of amides is 1. The van der Waals surface area contributed by atoms with Gasteiger partial charge in [0.2, 0.25) is 11.1 Å². The second-order valence-electron chi connectivity index (χ2n) is 9.35. The second kappa shape index (κ2) is 12.0. The third-order valence-electron chi connectivity index (χ3n) is 6.34. The van der Waals surface area contributed by atoms with E-state index in [4.69, 9.17) is 26.4 Å². The molecule has 5 rings (SSSR count). The number of rotatable bonds is 9. The van der Waals surface area contributed by atoms with Gasteiger partial charge in [-0.15, -0.1) is 5.10 Å². The van der Waals surface area contributed by atoms with Gasteiger partial charge in [0, 0.05) is 27.7 Å². The summed E-state index contributed by atoms with van der Waals surface area (Å²) < 4.78 is 8.10. The van der Waals surface area contributed by atoms with Gasteiger partial charge in [-0.3, -0.25) is 4.79 Å². The summed E-state index contributed by atoms with van der Waals surface area (Å²) in [4.78, 5) is 18.5. The fourth-order valence-corrected chi connectivity index (χ4v) is 5.19. The number of allylic oxidation sites excluding steroid dienone is 1. The summed E-state index contributed by atoms with van der Waals surface area (Å²) in [6, 6.07) is 22.5. The van der Waals surface area contributed by atoms with Gasteiger partial charge in [-0.1, -0.05) is 78.3 Å². The first-order chi connectivity index (χ1) is 18.9. The molecule has 0 fully saturated rings. The maximum Gasteiger partial charge on any atom is 0.255 e. The molecule has 1 atom stereocenters. The molecule has 1 aliphatic heterocycles. The fraction of sp³-hybridized carbons (Fsp3) is 0.233. The van der Waals surface area contributed by atoms with Crippen molar-refractivity contribution in [3.8, 4) is 5.75 Å². The molecule has 0 saturated carbocycles. The highest BCUT2D eigenvalue weighted by molar-refractivity contribution is 7.99. The van der Waals surface area contributed by atoms with Crippen LogP contribution in [0.25, 0.3) is 0 Å². The topological polar surface area (TPSA) is 81.1 Å². The van der Waals surface area contributed by atoms with Crippen molar-refractivity contribution < 1.29 is 9.53 Å². The summed E-state index contributed by atoms with van der Waals surface area (Å²) in [7, 11) is 0. The number of hydrogen-bond acceptors (Lipinski definition) is 6. The molecule has 2 N–H and O–H groups in total. The van der Waals surface area contributed by atoms with Gasteiger partial charge in [-0.05, 0) is 56.2 Å². The van der Waals surface area contributed by atoms with E-state index in [1.807, 2.05) is 86.6 Å². The van der Waals surface area contributed by atoms with Crippen molar-refractivity contribution in [2.24, 2.45) is 0 Å². The van der Waals surface area contributed by atoms with E-state index in [0.717, 1.165) is 34.6 Å². The number of anilines is 2. The van der Waals surface area contributed by atoms with Crippen LogP contribution in [0.1, 0.15) is 43.0 Å². The summed E-state index contributed by atoms with van der Waals surface area (Å²) >= 11 is 7.65. The van der Waals surface area contributed by atoms with Crippen LogP contribution in [0.15, 0.2) is 89.2 Å². The third kappa shape index (κ3) is 6.13. The predicted molar refractivity (Wildman–Crippen MR) is 158 cm³/mol. The molecule has 4 aromatic rings. The normalized spacial score (nSPS) is 14.5. The van der Waals surface area contributed by atoms with E-state index in [1.54, 1.807) is 16.4 Å². The van der Waals surface area contributed by atoms with Gasteiger partial charge in [-0.2, -0.15) is 4.98 Å². The Morgan fingerprint density at radius 2 is 1.82 bits per heavy atom. The van der Waals surface area contributed by atoms with Crippen molar-refractivity contribution in [2.45, 2.75) is 45.0 Å². The largest absolute Gasteiger partial charge is 0.489 e. The Morgan fingerprint density at radius 3 is 2.56 bits per heavy atom. The number of para-hydroxylation sites is 1. The molecule has 3 aromatic carbocycles. The average Bonchev–Trinajstić information content (AvgIpc) is 3.34. The summed E-state index contributed by atoms with van der Waals surface area (Å²) in [6.07, 6.45) is 1.01. The first-order valence-corrected chi connectivity index (χ1v) is 14.2. The SMILES string of the molecule is CCCSc1nc2n(n1)C(c1ccccc1OCc1ccc(Cl)cc1)C(C(=O)Nc1ccc(C)cc1)=C(C)N2. The average molecular weight is 560 g/mol. The minimum atomic E-state index is -0.545. The highest BCUT2D eigenvalue weighted by Crippen LogP contribution is 2.40. The number of nitrogens with zero attached hydrogens (tertiary/aromatic N) is 3. The van der Waals surface area contributed by atoms with Crippen molar-refractivity contribution in [1.82, 2.24) is 14.8 Å². The van der Waals surface area contributed by atoms with Gasteiger partial charge < -0.3 is 15.4 Å². The van der Waals surface area contributed by atoms with Crippen molar-refractivity contribution >= 4 is 40.9 Å². The van der Waals surface area contributed by atoms with Crippen LogP contribution in [-0.2, 0) is 11.4 Å². The number of thioether (sulfide) groups is 1. The lowest BCUT2D eigenvalue weighted by Crippen LogP contribution is -2.31. The fourth-order valence-electron chi connectivity index (χ4n) is 4.38. The summed E-state index contributed by atoms with van der Waals surface area (Å²) in [5, 5.41) is 12.5. The summed E-state index contributed by atoms with van der Waals surface area (Å²) in [6.45, 7) is 6.39. The number of fused-ring (bicyclic) bond motifs is 1. The highest BCUT2D eigenvalue weighted by Gasteiger charge is 2.36. The molecule has 0 spiro atoms. The minimum absolute atomic E-state index is 0.217. The van der Waals surface area contributed by atoms with Crippen LogP contribution in [0.4, 0.5) is 11.6 Å². The maximum absolute atomic E-state index is 13.8. The molecular formula is C30H30ClN5O2S. The Kier molecular flexibility index (Phi) is 8.24. The van der Waals surface area contributed by atoms with Crippen LogP contribution < -0.4 is 15.4 Å². The minimum Gasteiger partial charge on any atom is -0.489 e. The molecule has 0 radical (unpaired) electrons. The van der Waals surface area contributed by atoms with Crippen LogP contribution >= 0.6 is 23.4 Å². The molecule has 200 valence electrons. The second-order valence-corrected chi connectivity index (χ2v) is 10.8. The van der Waals surface area contributed by atoms with E-state index in [0.29, 0.717) is 39.8 Å². The lowest BCUT2D eigenvalue weighted by atomic mass is 9.94. The Bertz CT molecular complexity index is 1500. The zero-order valence-electron chi connectivity index (χ0n) is 22.1. The first kappa shape index (κ1) is 26.8. The lowest BCUT2D eigenvalue weighted by Gasteiger charge is -2.29. The molecule has 1 amide bonds. The van der Waals surface area contributed by atoms with Crippen LogP contribution in [-0.4, -0.2) is 26.4 Å². The molecule has 2 heterocycles. The number of aryl methyl sites for hydroxylation is 1. The van der Waals surface area contributed by atoms with Crippen molar-refractivity contribution in [3.05, 3.63) is 106 Å². The van der Waals surface area contributed by atoms with Crippen LogP contribution in [0, 0.1) is 6.92 Å². The predicted octanol–water partition coefficient (Wildman–Crippen LogP) is 7.25. The molecule has 9 heteroatoms. The highest BCUT2D eigenvalue weighted by atomic mass is 35.5. The number of aromatic nitrogens is 3. The number of ether oxygens (including phenoxy) is 1. The van der Waals surface area contributed by atoms with E-state index in [1.165, 1.54) is 0 Å². The Labute approximate surface area is 237 Å². The monoisotopic (exact) mass is 559 g/mol. The van der Waals surface area contributed by atoms with Crippen molar-refractivity contribution in [3.63, 3.8) is 0 Å². The standard InChI is InChI=1S/C30H30ClN5O2S/c1-4-17-39-30-34-29-32-20(3)26(28(37)33-23-15-9-19(2)10-16-23)27(36(29)35-30)24-7-5-6-8-25(24)38-18-21-11-13-22(31)14-12-21/h5-16,27H,4,17-18H2,1-3H3,(H,33,37)(H,32,34,35). The number of hydrogen-bond donors (Lipinski definition) is 2. The Morgan fingerprint density at radius 1 is 1.08 bits per heavy atom. The Hall–Kier alpha value is -3.75. The van der Waals surface area contributed by atoms with Gasteiger partial charge in [0.25, 0.3) is 5.91 Å². The van der Waals surface area contributed by atoms with Crippen molar-refractivity contribution in [2.75, 3.05) is 16.4 Å². The molecule has 0 aliphatic carbocycles. The zero-order chi connectivity index (χ0) is 27.4. The van der Waals surface area contributed by atoms with E-state index >= 15 is 0 Å². The number of carbonyl (C=O) groups is 1. The first-order valence-electron chi connectivity index (χ1n) is 12.8. The lowest BCUT2D eigenvalue weighted by molar-refractivity contribution is -0.113. The van der Waals surface area contributed by atoms with Gasteiger partial charge in [0.05, 0.1) is 5.57 Å². The maximum atomic E-state index is 13.8. The molecule has 7 nitrogen and oxygen atoms in total. The quantitative estimate of drug-likeness (QED) is 0.210. The number of nitrogens with one attached hydrogen (secondary N) is 2. The summed E-state index contributed by atoms with van der Waals surface area (Å²) in [5.41, 5.74) is 4.91. The van der Waals surface area contributed by atoms with Crippen molar-refractivity contribution in [1.29, 1.82) is 0 Å². The molecule has 1 unspecified atom stereocenters. The zero-order valence-corrected chi connectivity index (χ0v) is 23.6.